The summed E-state index contributed by atoms with van der Waals surface area (Å²) in [7, 11) is 0. The van der Waals surface area contributed by atoms with Crippen molar-refractivity contribution in [2.45, 2.75) is 19.1 Å². The van der Waals surface area contributed by atoms with E-state index in [-0.39, 0.29) is 12.6 Å². The number of hydrogen-bond acceptors (Lipinski definition) is 4. The SMILES string of the molecule is C[C@H](NC(=O)C(=O)NC[C@@H](O)c1cccs1)c1ccccc1. The first kappa shape index (κ1) is 16.2. The maximum absolute atomic E-state index is 11.8. The average Bonchev–Trinajstić information content (AvgIpc) is 3.07. The molecule has 0 aliphatic heterocycles. The summed E-state index contributed by atoms with van der Waals surface area (Å²) in [5.74, 6) is -1.46. The summed E-state index contributed by atoms with van der Waals surface area (Å²) in [5.41, 5.74) is 0.919. The Labute approximate surface area is 133 Å². The van der Waals surface area contributed by atoms with Crippen LogP contribution in [-0.4, -0.2) is 23.5 Å². The highest BCUT2D eigenvalue weighted by atomic mass is 32.1. The third-order valence-corrected chi connectivity index (χ3v) is 4.15. The zero-order valence-corrected chi connectivity index (χ0v) is 13.0. The van der Waals surface area contributed by atoms with Gasteiger partial charge in [0.05, 0.1) is 6.04 Å². The molecule has 2 atom stereocenters. The van der Waals surface area contributed by atoms with E-state index in [2.05, 4.69) is 10.6 Å². The van der Waals surface area contributed by atoms with Crippen molar-refractivity contribution < 1.29 is 14.7 Å². The van der Waals surface area contributed by atoms with Crippen molar-refractivity contribution in [1.82, 2.24) is 10.6 Å². The molecule has 0 aliphatic carbocycles. The summed E-state index contributed by atoms with van der Waals surface area (Å²) in [6.07, 6.45) is -0.803. The highest BCUT2D eigenvalue weighted by Gasteiger charge is 2.18. The highest BCUT2D eigenvalue weighted by Crippen LogP contribution is 2.17. The Kier molecular flexibility index (Phi) is 5.68. The van der Waals surface area contributed by atoms with Crippen molar-refractivity contribution in [3.63, 3.8) is 0 Å². The molecular formula is C16H18N2O3S. The van der Waals surface area contributed by atoms with E-state index in [0.29, 0.717) is 0 Å². The Balaban J connectivity index is 1.81. The molecule has 6 heteroatoms. The van der Waals surface area contributed by atoms with Gasteiger partial charge in [0.2, 0.25) is 0 Å². The molecular weight excluding hydrogens is 300 g/mol. The maximum atomic E-state index is 11.8. The van der Waals surface area contributed by atoms with E-state index < -0.39 is 17.9 Å². The maximum Gasteiger partial charge on any atom is 0.309 e. The zero-order chi connectivity index (χ0) is 15.9. The number of carbonyl (C=O) groups is 2. The van der Waals surface area contributed by atoms with Crippen LogP contribution < -0.4 is 10.6 Å². The summed E-state index contributed by atoms with van der Waals surface area (Å²) in [6, 6.07) is 12.7. The smallest absolute Gasteiger partial charge is 0.309 e. The third kappa shape index (κ3) is 4.41. The molecule has 0 spiro atoms. The van der Waals surface area contributed by atoms with Crippen molar-refractivity contribution in [2.24, 2.45) is 0 Å². The van der Waals surface area contributed by atoms with Crippen LogP contribution in [0.1, 0.15) is 29.5 Å². The van der Waals surface area contributed by atoms with E-state index in [1.807, 2.05) is 41.8 Å². The number of carbonyl (C=O) groups excluding carboxylic acids is 2. The Morgan fingerprint density at radius 3 is 2.50 bits per heavy atom. The van der Waals surface area contributed by atoms with Crippen LogP contribution in [0.3, 0.4) is 0 Å². The van der Waals surface area contributed by atoms with Crippen LogP contribution >= 0.6 is 11.3 Å². The van der Waals surface area contributed by atoms with Gasteiger partial charge in [-0.25, -0.2) is 0 Å². The van der Waals surface area contributed by atoms with Crippen LogP contribution in [0.25, 0.3) is 0 Å². The summed E-state index contributed by atoms with van der Waals surface area (Å²) >= 11 is 1.40. The van der Waals surface area contributed by atoms with E-state index in [1.54, 1.807) is 13.0 Å². The second kappa shape index (κ2) is 7.72. The van der Waals surface area contributed by atoms with Gasteiger partial charge in [-0.3, -0.25) is 9.59 Å². The number of hydrogen-bond donors (Lipinski definition) is 3. The number of aliphatic hydroxyl groups excluding tert-OH is 1. The molecule has 0 bridgehead atoms. The molecule has 1 aromatic carbocycles. The summed E-state index contributed by atoms with van der Waals surface area (Å²) < 4.78 is 0. The van der Waals surface area contributed by atoms with E-state index in [4.69, 9.17) is 0 Å². The molecule has 22 heavy (non-hydrogen) atoms. The number of thiophene rings is 1. The molecule has 116 valence electrons. The van der Waals surface area contributed by atoms with E-state index in [0.717, 1.165) is 10.4 Å². The van der Waals surface area contributed by atoms with E-state index in [9.17, 15) is 14.7 Å². The van der Waals surface area contributed by atoms with Gasteiger partial charge in [-0.1, -0.05) is 36.4 Å². The average molecular weight is 318 g/mol. The normalized spacial score (nSPS) is 13.2. The van der Waals surface area contributed by atoms with E-state index in [1.165, 1.54) is 11.3 Å². The monoisotopic (exact) mass is 318 g/mol. The topological polar surface area (TPSA) is 78.4 Å². The van der Waals surface area contributed by atoms with Gasteiger partial charge < -0.3 is 15.7 Å². The van der Waals surface area contributed by atoms with Gasteiger partial charge >= 0.3 is 11.8 Å². The molecule has 2 aromatic rings. The van der Waals surface area contributed by atoms with Crippen LogP contribution in [0.5, 0.6) is 0 Å². The molecule has 5 nitrogen and oxygen atoms in total. The lowest BCUT2D eigenvalue weighted by Crippen LogP contribution is -2.42. The molecule has 0 radical (unpaired) electrons. The lowest BCUT2D eigenvalue weighted by Gasteiger charge is -2.15. The fraction of sp³-hybridized carbons (Fsp3) is 0.250. The molecule has 1 heterocycles. The minimum Gasteiger partial charge on any atom is -0.386 e. The number of rotatable bonds is 5. The van der Waals surface area contributed by atoms with Gasteiger partial charge in [0.25, 0.3) is 0 Å². The zero-order valence-electron chi connectivity index (χ0n) is 12.2. The summed E-state index contributed by atoms with van der Waals surface area (Å²) in [4.78, 5) is 24.3. The highest BCUT2D eigenvalue weighted by molar-refractivity contribution is 7.10. The van der Waals surface area contributed by atoms with Crippen LogP contribution in [0.2, 0.25) is 0 Å². The second-order valence-corrected chi connectivity index (χ2v) is 5.83. The Hall–Kier alpha value is -2.18. The third-order valence-electron chi connectivity index (χ3n) is 3.18. The van der Waals surface area contributed by atoms with Gasteiger partial charge in [0, 0.05) is 11.4 Å². The molecule has 3 N–H and O–H groups in total. The first-order valence-electron chi connectivity index (χ1n) is 6.93. The first-order valence-corrected chi connectivity index (χ1v) is 7.81. The minimum absolute atomic E-state index is 0.00643. The van der Waals surface area contributed by atoms with Gasteiger partial charge in [-0.2, -0.15) is 0 Å². The second-order valence-electron chi connectivity index (χ2n) is 4.85. The quantitative estimate of drug-likeness (QED) is 0.735. The lowest BCUT2D eigenvalue weighted by molar-refractivity contribution is -0.139. The van der Waals surface area contributed by atoms with Crippen molar-refractivity contribution in [3.05, 3.63) is 58.3 Å². The molecule has 2 amide bonds. The molecule has 0 saturated heterocycles. The van der Waals surface area contributed by atoms with Crippen LogP contribution in [0, 0.1) is 0 Å². The molecule has 0 fully saturated rings. The van der Waals surface area contributed by atoms with Gasteiger partial charge in [0.1, 0.15) is 6.10 Å². The Morgan fingerprint density at radius 2 is 1.86 bits per heavy atom. The molecule has 1 aromatic heterocycles. The predicted molar refractivity (Wildman–Crippen MR) is 85.3 cm³/mol. The fourth-order valence-electron chi connectivity index (χ4n) is 1.94. The largest absolute Gasteiger partial charge is 0.386 e. The van der Waals surface area contributed by atoms with Crippen LogP contribution in [0.4, 0.5) is 0 Å². The molecule has 0 saturated carbocycles. The molecule has 2 rings (SSSR count). The standard InChI is InChI=1S/C16H18N2O3S/c1-11(12-6-3-2-4-7-12)18-16(21)15(20)17-10-13(19)14-8-5-9-22-14/h2-9,11,13,19H,10H2,1H3,(H,17,20)(H,18,21)/t11-,13+/m0/s1. The number of amides is 2. The van der Waals surface area contributed by atoms with Crippen LogP contribution in [-0.2, 0) is 9.59 Å². The summed E-state index contributed by atoms with van der Waals surface area (Å²) in [5, 5.41) is 16.8. The first-order chi connectivity index (χ1) is 10.6. The Morgan fingerprint density at radius 1 is 1.14 bits per heavy atom. The minimum atomic E-state index is -0.803. The number of aliphatic hydroxyl groups is 1. The summed E-state index contributed by atoms with van der Waals surface area (Å²) in [6.45, 7) is 1.81. The lowest BCUT2D eigenvalue weighted by atomic mass is 10.1. The van der Waals surface area contributed by atoms with Gasteiger partial charge in [-0.05, 0) is 23.9 Å². The van der Waals surface area contributed by atoms with Crippen molar-refractivity contribution in [1.29, 1.82) is 0 Å². The molecule has 0 unspecified atom stereocenters. The van der Waals surface area contributed by atoms with Gasteiger partial charge in [-0.15, -0.1) is 11.3 Å². The van der Waals surface area contributed by atoms with Gasteiger partial charge in [0.15, 0.2) is 0 Å². The number of benzene rings is 1. The van der Waals surface area contributed by atoms with E-state index >= 15 is 0 Å². The van der Waals surface area contributed by atoms with Crippen molar-refractivity contribution >= 4 is 23.2 Å². The number of nitrogens with one attached hydrogen (secondary N) is 2. The van der Waals surface area contributed by atoms with Crippen LogP contribution in [0.15, 0.2) is 47.8 Å². The fourth-order valence-corrected chi connectivity index (χ4v) is 2.65. The van der Waals surface area contributed by atoms with Crippen molar-refractivity contribution in [2.75, 3.05) is 6.54 Å². The predicted octanol–water partition coefficient (Wildman–Crippen LogP) is 1.78. The molecule has 0 aliphatic rings. The van der Waals surface area contributed by atoms with Crippen molar-refractivity contribution in [3.8, 4) is 0 Å². The Bertz CT molecular complexity index is 614.